The second-order valence-corrected chi connectivity index (χ2v) is 8.91. The van der Waals surface area contributed by atoms with Gasteiger partial charge < -0.3 is 5.32 Å². The second-order valence-electron chi connectivity index (χ2n) is 6.68. The van der Waals surface area contributed by atoms with E-state index < -0.39 is 9.84 Å². The summed E-state index contributed by atoms with van der Waals surface area (Å²) in [5, 5.41) is 2.91. The highest BCUT2D eigenvalue weighted by Gasteiger charge is 2.60. The first-order chi connectivity index (χ1) is 8.63. The molecular formula is C14H23NO3S. The lowest BCUT2D eigenvalue weighted by atomic mass is 10.1. The molecule has 108 valence electrons. The van der Waals surface area contributed by atoms with Crippen LogP contribution < -0.4 is 5.32 Å². The maximum absolute atomic E-state index is 12.2. The Morgan fingerprint density at radius 1 is 1.32 bits per heavy atom. The molecule has 2 aliphatic rings. The van der Waals surface area contributed by atoms with Gasteiger partial charge in [0.1, 0.15) is 0 Å². The fourth-order valence-electron chi connectivity index (χ4n) is 3.05. The molecule has 19 heavy (non-hydrogen) atoms. The average molecular weight is 285 g/mol. The number of hydrogen-bond acceptors (Lipinski definition) is 3. The van der Waals surface area contributed by atoms with Gasteiger partial charge in [0.2, 0.25) is 5.91 Å². The van der Waals surface area contributed by atoms with Crippen LogP contribution in [0.1, 0.15) is 34.1 Å². The number of allylic oxidation sites excluding steroid dienone is 2. The quantitative estimate of drug-likeness (QED) is 0.800. The molecule has 1 heterocycles. The standard InChI is InChI=1S/C14H23NO3S/c1-9(2)7-11-12(14(11,3)4)13(16)15-10-5-6-19(17,18)8-10/h7,10-12H,5-6,8H2,1-4H3,(H,15,16)/t10-,11+,12-/m0/s1. The Labute approximate surface area is 115 Å². The van der Waals surface area contributed by atoms with Gasteiger partial charge in [-0.25, -0.2) is 8.42 Å². The minimum absolute atomic E-state index is 0.00889. The smallest absolute Gasteiger partial charge is 0.224 e. The molecule has 0 radical (unpaired) electrons. The molecule has 0 aromatic carbocycles. The van der Waals surface area contributed by atoms with E-state index in [4.69, 9.17) is 0 Å². The molecule has 1 saturated carbocycles. The Morgan fingerprint density at radius 2 is 1.95 bits per heavy atom. The lowest BCUT2D eigenvalue weighted by molar-refractivity contribution is -0.123. The third-order valence-electron chi connectivity index (χ3n) is 4.28. The van der Waals surface area contributed by atoms with E-state index in [9.17, 15) is 13.2 Å². The fraction of sp³-hybridized carbons (Fsp3) is 0.786. The first-order valence-electron chi connectivity index (χ1n) is 6.79. The largest absolute Gasteiger partial charge is 0.352 e. The first-order valence-corrected chi connectivity index (χ1v) is 8.61. The minimum atomic E-state index is -2.93. The summed E-state index contributed by atoms with van der Waals surface area (Å²) in [4.78, 5) is 12.2. The van der Waals surface area contributed by atoms with E-state index in [0.717, 1.165) is 0 Å². The van der Waals surface area contributed by atoms with E-state index >= 15 is 0 Å². The Hall–Kier alpha value is -0.840. The van der Waals surface area contributed by atoms with Crippen molar-refractivity contribution in [2.24, 2.45) is 17.3 Å². The monoisotopic (exact) mass is 285 g/mol. The summed E-state index contributed by atoms with van der Waals surface area (Å²) in [6.45, 7) is 8.25. The topological polar surface area (TPSA) is 63.2 Å². The van der Waals surface area contributed by atoms with Gasteiger partial charge in [0.15, 0.2) is 9.84 Å². The van der Waals surface area contributed by atoms with E-state index in [-0.39, 0.29) is 40.7 Å². The molecule has 0 aromatic heterocycles. The van der Waals surface area contributed by atoms with Crippen molar-refractivity contribution in [3.63, 3.8) is 0 Å². The Balaban J connectivity index is 1.97. The molecule has 0 bridgehead atoms. The first kappa shape index (κ1) is 14.6. The summed E-state index contributed by atoms with van der Waals surface area (Å²) in [6.07, 6.45) is 2.70. The number of sulfone groups is 1. The van der Waals surface area contributed by atoms with Crippen molar-refractivity contribution in [1.82, 2.24) is 5.32 Å². The fourth-order valence-corrected chi connectivity index (χ4v) is 4.72. The predicted molar refractivity (Wildman–Crippen MR) is 75.4 cm³/mol. The molecule has 2 rings (SSSR count). The van der Waals surface area contributed by atoms with Crippen molar-refractivity contribution in [3.05, 3.63) is 11.6 Å². The number of hydrogen-bond donors (Lipinski definition) is 1. The van der Waals surface area contributed by atoms with Crippen molar-refractivity contribution in [2.75, 3.05) is 11.5 Å². The molecule has 1 aliphatic heterocycles. The van der Waals surface area contributed by atoms with Crippen LogP contribution >= 0.6 is 0 Å². The van der Waals surface area contributed by atoms with Crippen molar-refractivity contribution in [3.8, 4) is 0 Å². The zero-order chi connectivity index (χ0) is 14.4. The van der Waals surface area contributed by atoms with Crippen molar-refractivity contribution in [2.45, 2.75) is 40.2 Å². The Bertz CT molecular complexity index is 515. The van der Waals surface area contributed by atoms with E-state index in [0.29, 0.717) is 6.42 Å². The molecule has 3 atom stereocenters. The molecule has 1 amide bonds. The molecule has 1 saturated heterocycles. The summed E-state index contributed by atoms with van der Waals surface area (Å²) < 4.78 is 22.8. The van der Waals surface area contributed by atoms with E-state index in [2.05, 4.69) is 25.2 Å². The lowest BCUT2D eigenvalue weighted by Crippen LogP contribution is -2.37. The van der Waals surface area contributed by atoms with Crippen LogP contribution in [0.2, 0.25) is 0 Å². The van der Waals surface area contributed by atoms with Crippen molar-refractivity contribution >= 4 is 15.7 Å². The molecule has 1 N–H and O–H groups in total. The highest BCUT2D eigenvalue weighted by molar-refractivity contribution is 7.91. The van der Waals surface area contributed by atoms with Crippen molar-refractivity contribution in [1.29, 1.82) is 0 Å². The normalized spacial score (nSPS) is 34.6. The van der Waals surface area contributed by atoms with Crippen LogP contribution in [-0.2, 0) is 14.6 Å². The number of carbonyl (C=O) groups excluding carboxylic acids is 1. The molecule has 2 fully saturated rings. The number of amides is 1. The van der Waals surface area contributed by atoms with Gasteiger partial charge in [0.05, 0.1) is 17.4 Å². The Morgan fingerprint density at radius 3 is 2.42 bits per heavy atom. The maximum atomic E-state index is 12.2. The van der Waals surface area contributed by atoms with Crippen LogP contribution in [0, 0.1) is 17.3 Å². The average Bonchev–Trinajstić information content (AvgIpc) is 2.59. The maximum Gasteiger partial charge on any atom is 0.224 e. The number of rotatable bonds is 3. The number of carbonyl (C=O) groups is 1. The van der Waals surface area contributed by atoms with Crippen LogP contribution in [0.15, 0.2) is 11.6 Å². The van der Waals surface area contributed by atoms with E-state index in [1.54, 1.807) is 0 Å². The summed E-state index contributed by atoms with van der Waals surface area (Å²) in [7, 11) is -2.93. The SMILES string of the molecule is CC(C)=C[C@@H]1[C@@H](C(=O)N[C@H]2CCS(=O)(=O)C2)C1(C)C. The zero-order valence-electron chi connectivity index (χ0n) is 12.1. The summed E-state index contributed by atoms with van der Waals surface area (Å²) in [5.74, 6) is 0.554. The van der Waals surface area contributed by atoms with Crippen LogP contribution in [0.4, 0.5) is 0 Å². The minimum Gasteiger partial charge on any atom is -0.352 e. The van der Waals surface area contributed by atoms with Crippen LogP contribution in [-0.4, -0.2) is 31.9 Å². The molecule has 0 spiro atoms. The summed E-state index contributed by atoms with van der Waals surface area (Å²) in [6, 6.07) is -0.193. The lowest BCUT2D eigenvalue weighted by Gasteiger charge is -2.11. The van der Waals surface area contributed by atoms with Gasteiger partial charge in [-0.3, -0.25) is 4.79 Å². The molecule has 0 unspecified atom stereocenters. The molecular weight excluding hydrogens is 262 g/mol. The number of nitrogens with one attached hydrogen (secondary N) is 1. The van der Waals surface area contributed by atoms with Crippen LogP contribution in [0.25, 0.3) is 0 Å². The highest BCUT2D eigenvalue weighted by Crippen LogP contribution is 2.59. The van der Waals surface area contributed by atoms with E-state index in [1.165, 1.54) is 5.57 Å². The third kappa shape index (κ3) is 3.02. The second kappa shape index (κ2) is 4.62. The van der Waals surface area contributed by atoms with Crippen molar-refractivity contribution < 1.29 is 13.2 Å². The van der Waals surface area contributed by atoms with Crippen LogP contribution in [0.3, 0.4) is 0 Å². The molecule has 1 aliphatic carbocycles. The van der Waals surface area contributed by atoms with Gasteiger partial charge >= 0.3 is 0 Å². The third-order valence-corrected chi connectivity index (χ3v) is 6.05. The molecule has 4 nitrogen and oxygen atoms in total. The summed E-state index contributed by atoms with van der Waals surface area (Å²) >= 11 is 0. The van der Waals surface area contributed by atoms with Gasteiger partial charge in [-0.2, -0.15) is 0 Å². The molecule has 0 aromatic rings. The van der Waals surface area contributed by atoms with Gasteiger partial charge in [-0.1, -0.05) is 25.5 Å². The van der Waals surface area contributed by atoms with Gasteiger partial charge in [0.25, 0.3) is 0 Å². The van der Waals surface area contributed by atoms with Gasteiger partial charge in [0, 0.05) is 6.04 Å². The summed E-state index contributed by atoms with van der Waals surface area (Å²) in [5.41, 5.74) is 1.20. The van der Waals surface area contributed by atoms with Gasteiger partial charge in [-0.15, -0.1) is 0 Å². The zero-order valence-corrected chi connectivity index (χ0v) is 12.9. The van der Waals surface area contributed by atoms with E-state index in [1.807, 2.05) is 13.8 Å². The predicted octanol–water partition coefficient (Wildman–Crippen LogP) is 1.53. The molecule has 5 heteroatoms. The highest BCUT2D eigenvalue weighted by atomic mass is 32.2. The van der Waals surface area contributed by atoms with Crippen LogP contribution in [0.5, 0.6) is 0 Å². The van der Waals surface area contributed by atoms with Gasteiger partial charge in [-0.05, 0) is 31.6 Å². The Kier molecular flexibility index (Phi) is 3.54.